The van der Waals surface area contributed by atoms with Gasteiger partial charge in [0.05, 0.1) is 18.4 Å². The Kier molecular flexibility index (Phi) is 4.21. The Morgan fingerprint density at radius 1 is 1.43 bits per heavy atom. The molecule has 0 aromatic heterocycles. The molecule has 2 rings (SSSR count). The molecule has 1 aliphatic heterocycles. The quantitative estimate of drug-likeness (QED) is 0.922. The lowest BCUT2D eigenvalue weighted by Crippen LogP contribution is -2.36. The van der Waals surface area contributed by atoms with Gasteiger partial charge in [0, 0.05) is 13.1 Å². The summed E-state index contributed by atoms with van der Waals surface area (Å²) in [6.45, 7) is 4.30. The van der Waals surface area contributed by atoms with E-state index in [9.17, 15) is 14.7 Å². The lowest BCUT2D eigenvalue weighted by molar-refractivity contribution is -0.147. The standard InChI is InChI=1S/C16H21NO4/c1-11(12-5-4-6-13(9-12)21-3)14(18)17-8-7-16(2,10-17)15(19)20/h4-6,9,11H,7-8,10H2,1-3H3,(H,19,20). The van der Waals surface area contributed by atoms with E-state index < -0.39 is 11.4 Å². The van der Waals surface area contributed by atoms with Crippen LogP contribution in [0.2, 0.25) is 0 Å². The highest BCUT2D eigenvalue weighted by molar-refractivity contribution is 5.85. The van der Waals surface area contributed by atoms with Crippen LogP contribution in [-0.4, -0.2) is 42.1 Å². The Morgan fingerprint density at radius 3 is 2.71 bits per heavy atom. The molecule has 0 spiro atoms. The van der Waals surface area contributed by atoms with Gasteiger partial charge in [0.2, 0.25) is 5.91 Å². The second kappa shape index (κ2) is 5.76. The van der Waals surface area contributed by atoms with Crippen molar-refractivity contribution in [1.82, 2.24) is 4.90 Å². The molecule has 1 aromatic rings. The number of carbonyl (C=O) groups excluding carboxylic acids is 1. The molecular formula is C16H21NO4. The largest absolute Gasteiger partial charge is 0.497 e. The first-order valence-electron chi connectivity index (χ1n) is 7.03. The number of carbonyl (C=O) groups is 2. The number of rotatable bonds is 4. The van der Waals surface area contributed by atoms with Crippen LogP contribution in [0.25, 0.3) is 0 Å². The van der Waals surface area contributed by atoms with Crippen molar-refractivity contribution in [3.8, 4) is 5.75 Å². The lowest BCUT2D eigenvalue weighted by Gasteiger charge is -2.23. The lowest BCUT2D eigenvalue weighted by atomic mass is 9.90. The maximum absolute atomic E-state index is 12.5. The van der Waals surface area contributed by atoms with E-state index in [1.165, 1.54) is 0 Å². The maximum atomic E-state index is 12.5. The van der Waals surface area contributed by atoms with Crippen LogP contribution in [0.15, 0.2) is 24.3 Å². The Hall–Kier alpha value is -2.04. The zero-order valence-electron chi connectivity index (χ0n) is 12.6. The number of benzene rings is 1. The summed E-state index contributed by atoms with van der Waals surface area (Å²) < 4.78 is 5.17. The first-order chi connectivity index (χ1) is 9.87. The summed E-state index contributed by atoms with van der Waals surface area (Å²) >= 11 is 0. The highest BCUT2D eigenvalue weighted by atomic mass is 16.5. The number of likely N-dealkylation sites (tertiary alicyclic amines) is 1. The number of amides is 1. The summed E-state index contributed by atoms with van der Waals surface area (Å²) in [7, 11) is 1.59. The number of methoxy groups -OCH3 is 1. The smallest absolute Gasteiger partial charge is 0.311 e. The number of carboxylic acids is 1. The molecule has 0 saturated carbocycles. The van der Waals surface area contributed by atoms with E-state index in [-0.39, 0.29) is 18.4 Å². The van der Waals surface area contributed by atoms with Crippen LogP contribution < -0.4 is 4.74 Å². The summed E-state index contributed by atoms with van der Waals surface area (Å²) in [5, 5.41) is 9.24. The second-order valence-corrected chi connectivity index (χ2v) is 5.87. The minimum absolute atomic E-state index is 0.0340. The molecule has 1 fully saturated rings. The fourth-order valence-corrected chi connectivity index (χ4v) is 2.65. The van der Waals surface area contributed by atoms with Gasteiger partial charge in [-0.2, -0.15) is 0 Å². The Morgan fingerprint density at radius 2 is 2.14 bits per heavy atom. The minimum atomic E-state index is -0.841. The van der Waals surface area contributed by atoms with E-state index in [2.05, 4.69) is 0 Å². The number of hydrogen-bond donors (Lipinski definition) is 1. The molecule has 2 atom stereocenters. The molecule has 1 N–H and O–H groups in total. The molecule has 1 saturated heterocycles. The van der Waals surface area contributed by atoms with E-state index in [4.69, 9.17) is 4.74 Å². The molecule has 1 heterocycles. The zero-order valence-corrected chi connectivity index (χ0v) is 12.6. The maximum Gasteiger partial charge on any atom is 0.311 e. The molecule has 0 radical (unpaired) electrons. The van der Waals surface area contributed by atoms with E-state index in [1.807, 2.05) is 31.2 Å². The molecule has 21 heavy (non-hydrogen) atoms. The third-order valence-corrected chi connectivity index (χ3v) is 4.27. The third kappa shape index (κ3) is 3.01. The van der Waals surface area contributed by atoms with Gasteiger partial charge in [-0.1, -0.05) is 12.1 Å². The average Bonchev–Trinajstić information content (AvgIpc) is 2.89. The topological polar surface area (TPSA) is 66.8 Å². The molecule has 0 bridgehead atoms. The van der Waals surface area contributed by atoms with Crippen LogP contribution in [0.4, 0.5) is 0 Å². The van der Waals surface area contributed by atoms with Gasteiger partial charge in [0.15, 0.2) is 0 Å². The average molecular weight is 291 g/mol. The number of aliphatic carboxylic acids is 1. The Labute approximate surface area is 124 Å². The molecule has 114 valence electrons. The van der Waals surface area contributed by atoms with Gasteiger partial charge in [-0.3, -0.25) is 9.59 Å². The van der Waals surface area contributed by atoms with Crippen LogP contribution in [0.5, 0.6) is 5.75 Å². The van der Waals surface area contributed by atoms with Crippen LogP contribution in [-0.2, 0) is 9.59 Å². The molecule has 1 aromatic carbocycles. The van der Waals surface area contributed by atoms with Crippen molar-refractivity contribution in [3.05, 3.63) is 29.8 Å². The Balaban J connectivity index is 2.11. The van der Waals surface area contributed by atoms with Crippen molar-refractivity contribution < 1.29 is 19.4 Å². The van der Waals surface area contributed by atoms with Crippen LogP contribution in [0.1, 0.15) is 31.7 Å². The predicted octanol–water partition coefficient (Wildman–Crippen LogP) is 2.12. The van der Waals surface area contributed by atoms with E-state index in [0.29, 0.717) is 18.7 Å². The van der Waals surface area contributed by atoms with Gasteiger partial charge in [0.1, 0.15) is 5.75 Å². The number of nitrogens with zero attached hydrogens (tertiary/aromatic N) is 1. The summed E-state index contributed by atoms with van der Waals surface area (Å²) in [6, 6.07) is 7.41. The van der Waals surface area contributed by atoms with Gasteiger partial charge in [-0.05, 0) is 38.0 Å². The first-order valence-corrected chi connectivity index (χ1v) is 7.03. The zero-order chi connectivity index (χ0) is 15.6. The van der Waals surface area contributed by atoms with E-state index in [1.54, 1.807) is 18.9 Å². The van der Waals surface area contributed by atoms with Crippen molar-refractivity contribution in [2.75, 3.05) is 20.2 Å². The summed E-state index contributed by atoms with van der Waals surface area (Å²) in [5.74, 6) is -0.472. The molecule has 1 aliphatic rings. The Bertz CT molecular complexity index is 557. The normalized spacial score (nSPS) is 22.9. The van der Waals surface area contributed by atoms with Crippen molar-refractivity contribution in [2.24, 2.45) is 5.41 Å². The number of hydrogen-bond acceptors (Lipinski definition) is 3. The van der Waals surface area contributed by atoms with Gasteiger partial charge < -0.3 is 14.7 Å². The summed E-state index contributed by atoms with van der Waals surface area (Å²) in [4.78, 5) is 25.5. The van der Waals surface area contributed by atoms with Gasteiger partial charge >= 0.3 is 5.97 Å². The van der Waals surface area contributed by atoms with Crippen molar-refractivity contribution in [3.63, 3.8) is 0 Å². The number of carboxylic acid groups (broad SMARTS) is 1. The molecule has 5 nitrogen and oxygen atoms in total. The highest BCUT2D eigenvalue weighted by Crippen LogP contribution is 2.32. The van der Waals surface area contributed by atoms with Gasteiger partial charge in [0.25, 0.3) is 0 Å². The number of ether oxygens (including phenoxy) is 1. The van der Waals surface area contributed by atoms with Gasteiger partial charge in [-0.25, -0.2) is 0 Å². The van der Waals surface area contributed by atoms with Gasteiger partial charge in [-0.15, -0.1) is 0 Å². The minimum Gasteiger partial charge on any atom is -0.497 e. The predicted molar refractivity (Wildman–Crippen MR) is 78.3 cm³/mol. The molecule has 1 amide bonds. The molecule has 2 unspecified atom stereocenters. The fraction of sp³-hybridized carbons (Fsp3) is 0.500. The van der Waals surface area contributed by atoms with Crippen molar-refractivity contribution >= 4 is 11.9 Å². The van der Waals surface area contributed by atoms with E-state index in [0.717, 1.165) is 5.56 Å². The SMILES string of the molecule is COc1cccc(C(C)C(=O)N2CCC(C)(C(=O)O)C2)c1. The second-order valence-electron chi connectivity index (χ2n) is 5.87. The van der Waals surface area contributed by atoms with E-state index >= 15 is 0 Å². The third-order valence-electron chi connectivity index (χ3n) is 4.27. The molecule has 0 aliphatic carbocycles. The monoisotopic (exact) mass is 291 g/mol. The summed E-state index contributed by atoms with van der Waals surface area (Å²) in [5.41, 5.74) is 0.0484. The van der Waals surface area contributed by atoms with Crippen molar-refractivity contribution in [1.29, 1.82) is 0 Å². The molecular weight excluding hydrogens is 270 g/mol. The van der Waals surface area contributed by atoms with Crippen LogP contribution in [0, 0.1) is 5.41 Å². The first kappa shape index (κ1) is 15.4. The van der Waals surface area contributed by atoms with Crippen LogP contribution >= 0.6 is 0 Å². The fourth-order valence-electron chi connectivity index (χ4n) is 2.65. The van der Waals surface area contributed by atoms with Crippen molar-refractivity contribution in [2.45, 2.75) is 26.2 Å². The van der Waals surface area contributed by atoms with Crippen LogP contribution in [0.3, 0.4) is 0 Å². The summed E-state index contributed by atoms with van der Waals surface area (Å²) in [6.07, 6.45) is 0.499. The highest BCUT2D eigenvalue weighted by Gasteiger charge is 2.42. The molecule has 5 heteroatoms.